The van der Waals surface area contributed by atoms with Crippen LogP contribution in [0.4, 0.5) is 4.79 Å². The molecule has 1 aliphatic carbocycles. The van der Waals surface area contributed by atoms with Gasteiger partial charge in [0.2, 0.25) is 5.91 Å². The van der Waals surface area contributed by atoms with Crippen LogP contribution in [-0.2, 0) is 9.59 Å². The molecule has 7 nitrogen and oxygen atoms in total. The monoisotopic (exact) mass is 285 g/mol. The Morgan fingerprint density at radius 3 is 2.35 bits per heavy atom. The van der Waals surface area contributed by atoms with Gasteiger partial charge in [-0.25, -0.2) is 9.59 Å². The molecule has 1 aliphatic rings. The number of aliphatic carboxylic acids is 1. The molecule has 1 saturated carbocycles. The molecular weight excluding hydrogens is 262 g/mol. The van der Waals surface area contributed by atoms with Crippen molar-refractivity contribution in [2.45, 2.75) is 51.6 Å². The van der Waals surface area contributed by atoms with Gasteiger partial charge in [0.15, 0.2) is 0 Å². The molecule has 0 heterocycles. The SMILES string of the molecule is CCN(C(=O)NCCC(=O)NC1CC1)C(C)(C)C(=O)O. The van der Waals surface area contributed by atoms with Gasteiger partial charge in [0.1, 0.15) is 5.54 Å². The Morgan fingerprint density at radius 1 is 1.30 bits per heavy atom. The van der Waals surface area contributed by atoms with Crippen LogP contribution in [-0.4, -0.2) is 52.6 Å². The number of nitrogens with one attached hydrogen (secondary N) is 2. The zero-order valence-electron chi connectivity index (χ0n) is 12.2. The number of amides is 3. The fraction of sp³-hybridized carbons (Fsp3) is 0.769. The quantitative estimate of drug-likeness (QED) is 0.636. The fourth-order valence-corrected chi connectivity index (χ4v) is 1.81. The molecule has 0 saturated heterocycles. The average Bonchev–Trinajstić information content (AvgIpc) is 3.13. The Kier molecular flexibility index (Phi) is 5.35. The number of carboxylic acid groups (broad SMARTS) is 1. The van der Waals surface area contributed by atoms with E-state index >= 15 is 0 Å². The minimum Gasteiger partial charge on any atom is -0.480 e. The van der Waals surface area contributed by atoms with E-state index in [0.29, 0.717) is 6.04 Å². The summed E-state index contributed by atoms with van der Waals surface area (Å²) >= 11 is 0. The highest BCUT2D eigenvalue weighted by Gasteiger charge is 2.36. The fourth-order valence-electron chi connectivity index (χ4n) is 1.81. The summed E-state index contributed by atoms with van der Waals surface area (Å²) in [6.45, 7) is 5.13. The first-order valence-corrected chi connectivity index (χ1v) is 6.87. The van der Waals surface area contributed by atoms with Crippen molar-refractivity contribution in [3.8, 4) is 0 Å². The lowest BCUT2D eigenvalue weighted by molar-refractivity contribution is -0.147. The van der Waals surface area contributed by atoms with Crippen molar-refractivity contribution in [3.05, 3.63) is 0 Å². The lowest BCUT2D eigenvalue weighted by atomic mass is 10.0. The molecule has 0 aromatic heterocycles. The number of rotatable bonds is 7. The van der Waals surface area contributed by atoms with Crippen molar-refractivity contribution in [2.75, 3.05) is 13.1 Å². The van der Waals surface area contributed by atoms with Crippen LogP contribution in [0.15, 0.2) is 0 Å². The highest BCUT2D eigenvalue weighted by molar-refractivity contribution is 5.86. The third-order valence-electron chi connectivity index (χ3n) is 3.33. The minimum atomic E-state index is -1.28. The van der Waals surface area contributed by atoms with Crippen molar-refractivity contribution in [1.82, 2.24) is 15.5 Å². The van der Waals surface area contributed by atoms with Crippen molar-refractivity contribution in [1.29, 1.82) is 0 Å². The predicted octanol–water partition coefficient (Wildman–Crippen LogP) is 0.550. The third kappa shape index (κ3) is 4.40. The van der Waals surface area contributed by atoms with E-state index in [2.05, 4.69) is 10.6 Å². The van der Waals surface area contributed by atoms with E-state index in [1.54, 1.807) is 6.92 Å². The second-order valence-corrected chi connectivity index (χ2v) is 5.43. The van der Waals surface area contributed by atoms with E-state index in [1.807, 2.05) is 0 Å². The van der Waals surface area contributed by atoms with Gasteiger partial charge >= 0.3 is 12.0 Å². The zero-order chi connectivity index (χ0) is 15.3. The second-order valence-electron chi connectivity index (χ2n) is 5.43. The summed E-state index contributed by atoms with van der Waals surface area (Å²) in [5.74, 6) is -1.16. The van der Waals surface area contributed by atoms with Gasteiger partial charge in [0, 0.05) is 25.6 Å². The zero-order valence-corrected chi connectivity index (χ0v) is 12.2. The summed E-state index contributed by atoms with van der Waals surface area (Å²) < 4.78 is 0. The molecule has 20 heavy (non-hydrogen) atoms. The van der Waals surface area contributed by atoms with E-state index in [-0.39, 0.29) is 25.4 Å². The molecule has 7 heteroatoms. The van der Waals surface area contributed by atoms with Crippen molar-refractivity contribution < 1.29 is 19.5 Å². The lowest BCUT2D eigenvalue weighted by Crippen LogP contribution is -2.56. The van der Waals surface area contributed by atoms with Gasteiger partial charge in [-0.05, 0) is 33.6 Å². The van der Waals surface area contributed by atoms with E-state index < -0.39 is 17.5 Å². The normalized spacial score (nSPS) is 14.6. The largest absolute Gasteiger partial charge is 0.480 e. The first-order chi connectivity index (χ1) is 9.28. The highest BCUT2D eigenvalue weighted by Crippen LogP contribution is 2.18. The maximum absolute atomic E-state index is 12.0. The summed E-state index contributed by atoms with van der Waals surface area (Å²) in [6.07, 6.45) is 2.25. The van der Waals surface area contributed by atoms with Crippen molar-refractivity contribution in [3.63, 3.8) is 0 Å². The van der Waals surface area contributed by atoms with Crippen molar-refractivity contribution >= 4 is 17.9 Å². The number of urea groups is 1. The molecule has 1 rings (SSSR count). The molecular formula is C13H23N3O4. The highest BCUT2D eigenvalue weighted by atomic mass is 16.4. The van der Waals surface area contributed by atoms with Gasteiger partial charge in [-0.15, -0.1) is 0 Å². The Balaban J connectivity index is 2.39. The third-order valence-corrected chi connectivity index (χ3v) is 3.33. The predicted molar refractivity (Wildman–Crippen MR) is 73.3 cm³/mol. The topological polar surface area (TPSA) is 98.7 Å². The van der Waals surface area contributed by atoms with Crippen LogP contribution < -0.4 is 10.6 Å². The van der Waals surface area contributed by atoms with Crippen LogP contribution in [0.5, 0.6) is 0 Å². The van der Waals surface area contributed by atoms with E-state index in [0.717, 1.165) is 12.8 Å². The molecule has 0 atom stereocenters. The van der Waals surface area contributed by atoms with E-state index in [1.165, 1.54) is 18.7 Å². The molecule has 0 aromatic carbocycles. The summed E-state index contributed by atoms with van der Waals surface area (Å²) in [5.41, 5.74) is -1.28. The molecule has 3 amide bonds. The van der Waals surface area contributed by atoms with Gasteiger partial charge in [-0.2, -0.15) is 0 Å². The van der Waals surface area contributed by atoms with Crippen LogP contribution in [0.1, 0.15) is 40.0 Å². The number of likely N-dealkylation sites (N-methyl/N-ethyl adjacent to an activating group) is 1. The molecule has 0 aliphatic heterocycles. The van der Waals surface area contributed by atoms with Crippen LogP contribution in [0, 0.1) is 0 Å². The molecule has 0 aromatic rings. The maximum Gasteiger partial charge on any atom is 0.329 e. The average molecular weight is 285 g/mol. The van der Waals surface area contributed by atoms with Crippen molar-refractivity contribution in [2.24, 2.45) is 0 Å². The number of carbonyl (C=O) groups is 3. The van der Waals surface area contributed by atoms with Crippen LogP contribution in [0.25, 0.3) is 0 Å². The standard InChI is InChI=1S/C13H23N3O4/c1-4-16(13(2,3)11(18)19)12(20)14-8-7-10(17)15-9-5-6-9/h9H,4-8H2,1-3H3,(H,14,20)(H,15,17)(H,18,19). The first kappa shape index (κ1) is 16.3. The maximum atomic E-state index is 12.0. The summed E-state index contributed by atoms with van der Waals surface area (Å²) in [5, 5.41) is 14.5. The summed E-state index contributed by atoms with van der Waals surface area (Å²) in [4.78, 5) is 35.8. The molecule has 0 bridgehead atoms. The van der Waals surface area contributed by atoms with Crippen LogP contribution in [0.3, 0.4) is 0 Å². The van der Waals surface area contributed by atoms with Crippen LogP contribution in [0.2, 0.25) is 0 Å². The Morgan fingerprint density at radius 2 is 1.90 bits per heavy atom. The number of hydrogen-bond acceptors (Lipinski definition) is 3. The smallest absolute Gasteiger partial charge is 0.329 e. The van der Waals surface area contributed by atoms with Gasteiger partial charge in [-0.3, -0.25) is 4.79 Å². The first-order valence-electron chi connectivity index (χ1n) is 6.87. The molecule has 3 N–H and O–H groups in total. The Hall–Kier alpha value is -1.79. The minimum absolute atomic E-state index is 0.0895. The summed E-state index contributed by atoms with van der Waals surface area (Å²) in [6, 6.07) is -0.171. The number of nitrogens with zero attached hydrogens (tertiary/aromatic N) is 1. The molecule has 0 spiro atoms. The van der Waals surface area contributed by atoms with Gasteiger partial charge in [0.25, 0.3) is 0 Å². The van der Waals surface area contributed by atoms with E-state index in [9.17, 15) is 14.4 Å². The van der Waals surface area contributed by atoms with Gasteiger partial charge in [0.05, 0.1) is 0 Å². The van der Waals surface area contributed by atoms with E-state index in [4.69, 9.17) is 5.11 Å². The number of hydrogen-bond donors (Lipinski definition) is 3. The Bertz CT molecular complexity index is 391. The number of carbonyl (C=O) groups excluding carboxylic acids is 2. The number of carboxylic acids is 1. The van der Waals surface area contributed by atoms with Gasteiger partial charge in [-0.1, -0.05) is 0 Å². The van der Waals surface area contributed by atoms with Crippen LogP contribution >= 0.6 is 0 Å². The molecule has 114 valence electrons. The Labute approximate surface area is 118 Å². The lowest BCUT2D eigenvalue weighted by Gasteiger charge is -2.34. The molecule has 0 radical (unpaired) electrons. The summed E-state index contributed by atoms with van der Waals surface area (Å²) in [7, 11) is 0. The molecule has 0 unspecified atom stereocenters. The second kappa shape index (κ2) is 6.58. The van der Waals surface area contributed by atoms with Gasteiger partial charge < -0.3 is 20.6 Å². The molecule has 1 fully saturated rings.